The number of pyridine rings is 1. The van der Waals surface area contributed by atoms with E-state index in [9.17, 15) is 0 Å². The second-order valence-corrected chi connectivity index (χ2v) is 5.99. The van der Waals surface area contributed by atoms with Crippen molar-refractivity contribution in [1.82, 2.24) is 10.3 Å². The van der Waals surface area contributed by atoms with E-state index in [0.29, 0.717) is 6.04 Å². The van der Waals surface area contributed by atoms with Crippen LogP contribution in [0.4, 0.5) is 5.82 Å². The van der Waals surface area contributed by atoms with Gasteiger partial charge >= 0.3 is 0 Å². The number of nitrogens with zero attached hydrogens (tertiary/aromatic N) is 2. The Balaban J connectivity index is 2.19. The number of hydrogen-bond acceptors (Lipinski definition) is 3. The lowest BCUT2D eigenvalue weighted by molar-refractivity contribution is 0.425. The molecule has 1 aromatic rings. The minimum atomic E-state index is 0.656. The first kappa shape index (κ1) is 13.8. The Kier molecular flexibility index (Phi) is 5.01. The molecule has 1 aliphatic rings. The lowest BCUT2D eigenvalue weighted by Gasteiger charge is -2.33. The number of anilines is 1. The zero-order valence-corrected chi connectivity index (χ0v) is 12.8. The Morgan fingerprint density at radius 1 is 1.39 bits per heavy atom. The Morgan fingerprint density at radius 3 is 2.78 bits per heavy atom. The molecule has 0 aromatic carbocycles. The van der Waals surface area contributed by atoms with Gasteiger partial charge in [-0.15, -0.1) is 0 Å². The molecule has 0 spiro atoms. The predicted molar refractivity (Wildman–Crippen MR) is 80.0 cm³/mol. The number of halogens is 1. The number of aromatic nitrogens is 1. The largest absolute Gasteiger partial charge is 0.356 e. The van der Waals surface area contributed by atoms with Gasteiger partial charge < -0.3 is 10.2 Å². The molecule has 2 rings (SSSR count). The van der Waals surface area contributed by atoms with Crippen LogP contribution in [0.25, 0.3) is 0 Å². The monoisotopic (exact) mass is 311 g/mol. The Morgan fingerprint density at radius 2 is 2.11 bits per heavy atom. The first-order valence-electron chi connectivity index (χ1n) is 6.74. The molecule has 0 bridgehead atoms. The summed E-state index contributed by atoms with van der Waals surface area (Å²) >= 11 is 3.50. The third-order valence-electron chi connectivity index (χ3n) is 3.73. The van der Waals surface area contributed by atoms with Crippen LogP contribution in [-0.4, -0.2) is 25.1 Å². The highest BCUT2D eigenvalue weighted by Gasteiger charge is 2.21. The van der Waals surface area contributed by atoms with Crippen LogP contribution in [-0.2, 0) is 6.54 Å². The SMILES string of the molecule is CNCc1cc(Br)cnc1N(C)C1CCCCC1. The van der Waals surface area contributed by atoms with Crippen LogP contribution in [0.15, 0.2) is 16.7 Å². The van der Waals surface area contributed by atoms with E-state index in [1.165, 1.54) is 37.7 Å². The van der Waals surface area contributed by atoms with Gasteiger partial charge in [0.05, 0.1) is 0 Å². The van der Waals surface area contributed by atoms with Gasteiger partial charge in [-0.05, 0) is 41.9 Å². The molecule has 1 N–H and O–H groups in total. The molecule has 0 radical (unpaired) electrons. The quantitative estimate of drug-likeness (QED) is 0.924. The second-order valence-electron chi connectivity index (χ2n) is 5.07. The number of hydrogen-bond donors (Lipinski definition) is 1. The molecule has 1 fully saturated rings. The van der Waals surface area contributed by atoms with Crippen molar-refractivity contribution in [3.05, 3.63) is 22.3 Å². The molecular weight excluding hydrogens is 290 g/mol. The Hall–Kier alpha value is -0.610. The molecule has 0 saturated heterocycles. The van der Waals surface area contributed by atoms with Crippen LogP contribution >= 0.6 is 15.9 Å². The third kappa shape index (κ3) is 3.23. The van der Waals surface area contributed by atoms with E-state index in [0.717, 1.165) is 16.8 Å². The maximum atomic E-state index is 4.61. The molecule has 1 saturated carbocycles. The number of rotatable bonds is 4. The summed E-state index contributed by atoms with van der Waals surface area (Å²) < 4.78 is 1.05. The van der Waals surface area contributed by atoms with Gasteiger partial charge in [0.2, 0.25) is 0 Å². The zero-order chi connectivity index (χ0) is 13.0. The van der Waals surface area contributed by atoms with Crippen molar-refractivity contribution >= 4 is 21.7 Å². The first-order valence-corrected chi connectivity index (χ1v) is 7.53. The molecule has 0 atom stereocenters. The van der Waals surface area contributed by atoms with Crippen molar-refractivity contribution in [2.45, 2.75) is 44.7 Å². The molecule has 100 valence electrons. The van der Waals surface area contributed by atoms with Gasteiger partial charge in [-0.25, -0.2) is 4.98 Å². The average Bonchev–Trinajstić information content (AvgIpc) is 2.40. The molecule has 4 heteroatoms. The molecule has 3 nitrogen and oxygen atoms in total. The van der Waals surface area contributed by atoms with Crippen molar-refractivity contribution in [1.29, 1.82) is 0 Å². The Labute approximate surface area is 118 Å². The van der Waals surface area contributed by atoms with E-state index < -0.39 is 0 Å². The Bertz CT molecular complexity index is 389. The summed E-state index contributed by atoms with van der Waals surface area (Å²) in [5.41, 5.74) is 1.26. The van der Waals surface area contributed by atoms with E-state index >= 15 is 0 Å². The molecule has 18 heavy (non-hydrogen) atoms. The van der Waals surface area contributed by atoms with Gasteiger partial charge in [0.25, 0.3) is 0 Å². The van der Waals surface area contributed by atoms with Crippen LogP contribution in [0.5, 0.6) is 0 Å². The van der Waals surface area contributed by atoms with Gasteiger partial charge in [0, 0.05) is 35.9 Å². The highest BCUT2D eigenvalue weighted by Crippen LogP contribution is 2.28. The summed E-state index contributed by atoms with van der Waals surface area (Å²) in [6, 6.07) is 2.82. The lowest BCUT2D eigenvalue weighted by Crippen LogP contribution is -2.34. The van der Waals surface area contributed by atoms with Crippen LogP contribution in [0.3, 0.4) is 0 Å². The van der Waals surface area contributed by atoms with Crippen LogP contribution in [0, 0.1) is 0 Å². The normalized spacial score (nSPS) is 16.8. The highest BCUT2D eigenvalue weighted by molar-refractivity contribution is 9.10. The summed E-state index contributed by atoms with van der Waals surface area (Å²) in [5, 5.41) is 3.22. The molecule has 0 aliphatic heterocycles. The van der Waals surface area contributed by atoms with E-state index in [1.54, 1.807) is 0 Å². The molecule has 1 aliphatic carbocycles. The lowest BCUT2D eigenvalue weighted by atomic mass is 9.94. The van der Waals surface area contributed by atoms with Gasteiger partial charge in [0.15, 0.2) is 0 Å². The smallest absolute Gasteiger partial charge is 0.133 e. The third-order valence-corrected chi connectivity index (χ3v) is 4.17. The van der Waals surface area contributed by atoms with Crippen molar-refractivity contribution in [2.24, 2.45) is 0 Å². The fourth-order valence-electron chi connectivity index (χ4n) is 2.75. The minimum Gasteiger partial charge on any atom is -0.356 e. The standard InChI is InChI=1S/C14H22BrN3/c1-16-9-11-8-12(15)10-17-14(11)18(2)13-6-4-3-5-7-13/h8,10,13,16H,3-7,9H2,1-2H3. The van der Waals surface area contributed by atoms with Crippen molar-refractivity contribution in [3.63, 3.8) is 0 Å². The van der Waals surface area contributed by atoms with Gasteiger partial charge in [0.1, 0.15) is 5.82 Å². The maximum absolute atomic E-state index is 4.61. The fraction of sp³-hybridized carbons (Fsp3) is 0.643. The first-order chi connectivity index (χ1) is 8.72. The fourth-order valence-corrected chi connectivity index (χ4v) is 3.13. The topological polar surface area (TPSA) is 28.2 Å². The van der Waals surface area contributed by atoms with Crippen LogP contribution in [0.2, 0.25) is 0 Å². The molecule has 0 amide bonds. The van der Waals surface area contributed by atoms with E-state index in [-0.39, 0.29) is 0 Å². The molecular formula is C14H22BrN3. The molecule has 1 aromatic heterocycles. The zero-order valence-electron chi connectivity index (χ0n) is 11.2. The number of nitrogens with one attached hydrogen (secondary N) is 1. The summed E-state index contributed by atoms with van der Waals surface area (Å²) in [6.07, 6.45) is 8.59. The van der Waals surface area contributed by atoms with Crippen molar-refractivity contribution in [3.8, 4) is 0 Å². The summed E-state index contributed by atoms with van der Waals surface area (Å²) in [4.78, 5) is 6.98. The molecule has 1 heterocycles. The van der Waals surface area contributed by atoms with E-state index in [2.05, 4.69) is 44.2 Å². The van der Waals surface area contributed by atoms with E-state index in [1.807, 2.05) is 13.2 Å². The summed E-state index contributed by atoms with van der Waals surface area (Å²) in [7, 11) is 4.16. The van der Waals surface area contributed by atoms with Crippen molar-refractivity contribution < 1.29 is 0 Å². The maximum Gasteiger partial charge on any atom is 0.133 e. The van der Waals surface area contributed by atoms with E-state index in [4.69, 9.17) is 0 Å². The van der Waals surface area contributed by atoms with Gasteiger partial charge in [-0.3, -0.25) is 0 Å². The average molecular weight is 312 g/mol. The van der Waals surface area contributed by atoms with Crippen LogP contribution in [0.1, 0.15) is 37.7 Å². The van der Waals surface area contributed by atoms with Crippen LogP contribution < -0.4 is 10.2 Å². The van der Waals surface area contributed by atoms with Crippen molar-refractivity contribution in [2.75, 3.05) is 19.0 Å². The van der Waals surface area contributed by atoms with Gasteiger partial charge in [-0.2, -0.15) is 0 Å². The summed E-state index contributed by atoms with van der Waals surface area (Å²) in [6.45, 7) is 0.860. The van der Waals surface area contributed by atoms with Gasteiger partial charge in [-0.1, -0.05) is 19.3 Å². The minimum absolute atomic E-state index is 0.656. The second kappa shape index (κ2) is 6.53. The highest BCUT2D eigenvalue weighted by atomic mass is 79.9. The summed E-state index contributed by atoms with van der Waals surface area (Å²) in [5.74, 6) is 1.12. The molecule has 0 unspecified atom stereocenters. The predicted octanol–water partition coefficient (Wildman–Crippen LogP) is 3.33.